The molecule has 2 aromatic carbocycles. The number of amides is 1. The van der Waals surface area contributed by atoms with Gasteiger partial charge >= 0.3 is 0 Å². The maximum absolute atomic E-state index is 12.5. The molecule has 0 spiro atoms. The molecule has 0 atom stereocenters. The minimum Gasteiger partial charge on any atom is -0.496 e. The summed E-state index contributed by atoms with van der Waals surface area (Å²) in [6, 6.07) is 12.8. The van der Waals surface area contributed by atoms with Crippen molar-refractivity contribution in [3.05, 3.63) is 74.6 Å². The Balaban J connectivity index is 1.63. The minimum absolute atomic E-state index is 0.175. The molecule has 1 amide bonds. The number of hydrogen-bond donors (Lipinski definition) is 1. The van der Waals surface area contributed by atoms with E-state index in [0.717, 1.165) is 21.5 Å². The Bertz CT molecular complexity index is 884. The van der Waals surface area contributed by atoms with Crippen molar-refractivity contribution in [1.29, 1.82) is 0 Å². The van der Waals surface area contributed by atoms with Crippen LogP contribution in [0.15, 0.2) is 57.8 Å². The van der Waals surface area contributed by atoms with Crippen molar-refractivity contribution < 1.29 is 14.3 Å². The molecule has 3 aromatic rings. The number of nitrogens with one attached hydrogen (secondary N) is 1. The third-order valence-electron chi connectivity index (χ3n) is 3.65. The molecule has 0 aliphatic rings. The third-order valence-corrected chi connectivity index (χ3v) is 4.78. The van der Waals surface area contributed by atoms with E-state index in [-0.39, 0.29) is 5.91 Å². The second-order valence-corrected chi connectivity index (χ2v) is 7.07. The molecule has 26 heavy (non-hydrogen) atoms. The van der Waals surface area contributed by atoms with Crippen LogP contribution < -0.4 is 14.8 Å². The van der Waals surface area contributed by atoms with E-state index < -0.39 is 0 Å². The number of aromatic nitrogens is 1. The fraction of sp³-hybridized carbons (Fsp3) is 0.158. The van der Waals surface area contributed by atoms with Gasteiger partial charge in [-0.2, -0.15) is 0 Å². The number of thiazole rings is 1. The zero-order valence-corrected chi connectivity index (χ0v) is 16.5. The van der Waals surface area contributed by atoms with E-state index >= 15 is 0 Å². The van der Waals surface area contributed by atoms with E-state index in [0.29, 0.717) is 24.5 Å². The average molecular weight is 433 g/mol. The van der Waals surface area contributed by atoms with E-state index in [1.165, 1.54) is 11.3 Å². The minimum atomic E-state index is -0.175. The number of carbonyl (C=O) groups is 1. The van der Waals surface area contributed by atoms with Crippen LogP contribution >= 0.6 is 27.3 Å². The van der Waals surface area contributed by atoms with Crippen LogP contribution in [0.25, 0.3) is 0 Å². The van der Waals surface area contributed by atoms with Crippen LogP contribution in [0.2, 0.25) is 0 Å². The van der Waals surface area contributed by atoms with Crippen molar-refractivity contribution in [3.8, 4) is 11.5 Å². The Morgan fingerprint density at radius 2 is 2.15 bits per heavy atom. The van der Waals surface area contributed by atoms with Gasteiger partial charge in [-0.3, -0.25) is 4.79 Å². The van der Waals surface area contributed by atoms with E-state index in [4.69, 9.17) is 9.47 Å². The van der Waals surface area contributed by atoms with Crippen molar-refractivity contribution >= 4 is 33.2 Å². The van der Waals surface area contributed by atoms with Crippen molar-refractivity contribution in [2.75, 3.05) is 7.11 Å². The molecule has 0 fully saturated rings. The van der Waals surface area contributed by atoms with Crippen LogP contribution in [0, 0.1) is 0 Å². The van der Waals surface area contributed by atoms with Gasteiger partial charge in [-0.15, -0.1) is 11.3 Å². The highest BCUT2D eigenvalue weighted by Gasteiger charge is 2.09. The molecular formula is C19H17BrN2O3S. The van der Waals surface area contributed by atoms with Crippen molar-refractivity contribution in [2.24, 2.45) is 0 Å². The molecule has 1 heterocycles. The summed E-state index contributed by atoms with van der Waals surface area (Å²) >= 11 is 4.95. The summed E-state index contributed by atoms with van der Waals surface area (Å²) < 4.78 is 12.0. The molecule has 0 unspecified atom stereocenters. The summed E-state index contributed by atoms with van der Waals surface area (Å²) in [5.41, 5.74) is 4.06. The van der Waals surface area contributed by atoms with Gasteiger partial charge in [0.2, 0.25) is 0 Å². The Labute approximate surface area is 164 Å². The zero-order chi connectivity index (χ0) is 18.4. The summed E-state index contributed by atoms with van der Waals surface area (Å²) in [5.74, 6) is 1.19. The Hall–Kier alpha value is -2.38. The quantitative estimate of drug-likeness (QED) is 0.599. The molecule has 0 saturated carbocycles. The first-order valence-electron chi connectivity index (χ1n) is 7.86. The molecule has 0 aliphatic heterocycles. The smallest absolute Gasteiger partial charge is 0.251 e. The van der Waals surface area contributed by atoms with Gasteiger partial charge in [-0.1, -0.05) is 22.0 Å². The average Bonchev–Trinajstić information content (AvgIpc) is 3.18. The van der Waals surface area contributed by atoms with Crippen LogP contribution in [0.3, 0.4) is 0 Å². The van der Waals surface area contributed by atoms with Gasteiger partial charge in [0.25, 0.3) is 5.91 Å². The molecule has 0 saturated heterocycles. The topological polar surface area (TPSA) is 60.5 Å². The first-order valence-corrected chi connectivity index (χ1v) is 9.60. The largest absolute Gasteiger partial charge is 0.496 e. The molecule has 1 N–H and O–H groups in total. The maximum atomic E-state index is 12.5. The number of benzene rings is 2. The molecule has 134 valence electrons. The van der Waals surface area contributed by atoms with E-state index in [1.807, 2.05) is 29.6 Å². The second-order valence-electron chi connectivity index (χ2n) is 5.44. The highest BCUT2D eigenvalue weighted by molar-refractivity contribution is 9.10. The summed E-state index contributed by atoms with van der Waals surface area (Å²) in [6.45, 7) is 0.745. The number of ether oxygens (including phenoxy) is 2. The van der Waals surface area contributed by atoms with Gasteiger partial charge in [-0.05, 0) is 36.4 Å². The third kappa shape index (κ3) is 4.83. The molecule has 1 aromatic heterocycles. The lowest BCUT2D eigenvalue weighted by atomic mass is 10.1. The SMILES string of the molecule is COc1ccc(Br)cc1CNC(=O)c1cccc(OCc2cscn2)c1. The first kappa shape index (κ1) is 18.4. The highest BCUT2D eigenvalue weighted by atomic mass is 79.9. The Kier molecular flexibility index (Phi) is 6.25. The number of hydrogen-bond acceptors (Lipinski definition) is 5. The summed E-state index contributed by atoms with van der Waals surface area (Å²) in [7, 11) is 1.61. The van der Waals surface area contributed by atoms with E-state index in [2.05, 4.69) is 26.2 Å². The van der Waals surface area contributed by atoms with Crippen LogP contribution in [-0.4, -0.2) is 18.0 Å². The molecule has 0 radical (unpaired) electrons. The van der Waals surface area contributed by atoms with Crippen molar-refractivity contribution in [3.63, 3.8) is 0 Å². The molecule has 0 bridgehead atoms. The van der Waals surface area contributed by atoms with Crippen LogP contribution in [0.5, 0.6) is 11.5 Å². The Morgan fingerprint density at radius 1 is 1.27 bits per heavy atom. The van der Waals surface area contributed by atoms with Crippen LogP contribution in [0.1, 0.15) is 21.6 Å². The highest BCUT2D eigenvalue weighted by Crippen LogP contribution is 2.23. The van der Waals surface area contributed by atoms with Gasteiger partial charge < -0.3 is 14.8 Å². The van der Waals surface area contributed by atoms with Crippen LogP contribution in [-0.2, 0) is 13.2 Å². The zero-order valence-electron chi connectivity index (χ0n) is 14.1. The lowest BCUT2D eigenvalue weighted by Crippen LogP contribution is -2.23. The predicted octanol–water partition coefficient (Wildman–Crippen LogP) is 4.42. The monoisotopic (exact) mass is 432 g/mol. The van der Waals surface area contributed by atoms with Gasteiger partial charge in [0.15, 0.2) is 0 Å². The number of rotatable bonds is 7. The normalized spacial score (nSPS) is 10.4. The lowest BCUT2D eigenvalue weighted by molar-refractivity contribution is 0.0950. The fourth-order valence-corrected chi connectivity index (χ4v) is 3.31. The molecule has 5 nitrogen and oxygen atoms in total. The summed E-state index contributed by atoms with van der Waals surface area (Å²) in [5, 5.41) is 4.84. The molecular weight excluding hydrogens is 416 g/mol. The number of halogens is 1. The number of nitrogens with zero attached hydrogens (tertiary/aromatic N) is 1. The number of methoxy groups -OCH3 is 1. The molecule has 7 heteroatoms. The first-order chi connectivity index (χ1) is 12.7. The number of carbonyl (C=O) groups excluding carboxylic acids is 1. The standard InChI is InChI=1S/C19H17BrN2O3S/c1-24-18-6-5-15(20)7-14(18)9-21-19(23)13-3-2-4-17(8-13)25-10-16-11-26-12-22-16/h2-8,11-12H,9-10H2,1H3,(H,21,23). The van der Waals surface area contributed by atoms with Gasteiger partial charge in [0.1, 0.15) is 18.1 Å². The Morgan fingerprint density at radius 3 is 2.92 bits per heavy atom. The summed E-state index contributed by atoms with van der Waals surface area (Å²) in [4.78, 5) is 16.6. The lowest BCUT2D eigenvalue weighted by Gasteiger charge is -2.11. The van der Waals surface area contributed by atoms with Gasteiger partial charge in [-0.25, -0.2) is 4.98 Å². The fourth-order valence-electron chi connectivity index (χ4n) is 2.36. The van der Waals surface area contributed by atoms with E-state index in [9.17, 15) is 4.79 Å². The van der Waals surface area contributed by atoms with Crippen molar-refractivity contribution in [1.82, 2.24) is 10.3 Å². The maximum Gasteiger partial charge on any atom is 0.251 e. The van der Waals surface area contributed by atoms with Crippen LogP contribution in [0.4, 0.5) is 0 Å². The van der Waals surface area contributed by atoms with Gasteiger partial charge in [0.05, 0.1) is 18.3 Å². The summed E-state index contributed by atoms with van der Waals surface area (Å²) in [6.07, 6.45) is 0. The van der Waals surface area contributed by atoms with Gasteiger partial charge in [0, 0.05) is 27.5 Å². The van der Waals surface area contributed by atoms with E-state index in [1.54, 1.807) is 30.8 Å². The van der Waals surface area contributed by atoms with Crippen molar-refractivity contribution in [2.45, 2.75) is 13.2 Å². The molecule has 0 aliphatic carbocycles. The second kappa shape index (κ2) is 8.82. The predicted molar refractivity (Wildman–Crippen MR) is 105 cm³/mol. The molecule has 3 rings (SSSR count).